The van der Waals surface area contributed by atoms with Crippen LogP contribution >= 0.6 is 0 Å². The van der Waals surface area contributed by atoms with E-state index in [1.165, 1.54) is 19.4 Å². The highest BCUT2D eigenvalue weighted by molar-refractivity contribution is 7.89. The molecule has 0 spiro atoms. The molecule has 0 bridgehead atoms. The number of nitrogens with zero attached hydrogens (tertiary/aromatic N) is 3. The first-order chi connectivity index (χ1) is 9.82. The van der Waals surface area contributed by atoms with Gasteiger partial charge in [-0.05, 0) is 6.07 Å². The summed E-state index contributed by atoms with van der Waals surface area (Å²) in [6.45, 7) is -0.00470. The Kier molecular flexibility index (Phi) is 4.00. The molecule has 0 fully saturated rings. The molecule has 2 rings (SSSR count). The highest BCUT2D eigenvalue weighted by atomic mass is 32.2. The van der Waals surface area contributed by atoms with Crippen molar-refractivity contribution < 1.29 is 17.7 Å². The minimum absolute atomic E-state index is 0.00470. The SMILES string of the molecule is CN(Cc1cn[nH]c1)S(=O)(=O)c1ccc([N+](=O)[O-])cc1F. The lowest BCUT2D eigenvalue weighted by atomic mass is 10.3. The van der Waals surface area contributed by atoms with E-state index < -0.39 is 31.3 Å². The van der Waals surface area contributed by atoms with Crippen molar-refractivity contribution in [2.45, 2.75) is 11.4 Å². The number of halogens is 1. The molecular weight excluding hydrogens is 303 g/mol. The van der Waals surface area contributed by atoms with Gasteiger partial charge in [0.15, 0.2) is 0 Å². The Labute approximate surface area is 119 Å². The Morgan fingerprint density at radius 3 is 2.71 bits per heavy atom. The van der Waals surface area contributed by atoms with Crippen molar-refractivity contribution in [1.29, 1.82) is 0 Å². The molecule has 1 N–H and O–H groups in total. The maximum atomic E-state index is 13.8. The summed E-state index contributed by atoms with van der Waals surface area (Å²) < 4.78 is 39.2. The van der Waals surface area contributed by atoms with Crippen LogP contribution in [-0.2, 0) is 16.6 Å². The lowest BCUT2D eigenvalue weighted by molar-refractivity contribution is -0.385. The zero-order valence-electron chi connectivity index (χ0n) is 10.9. The molecule has 0 atom stereocenters. The van der Waals surface area contributed by atoms with Gasteiger partial charge in [0, 0.05) is 31.4 Å². The minimum atomic E-state index is -4.09. The summed E-state index contributed by atoms with van der Waals surface area (Å²) in [4.78, 5) is 9.12. The van der Waals surface area contributed by atoms with Crippen LogP contribution in [-0.4, -0.2) is 34.9 Å². The molecule has 1 aromatic carbocycles. The molecule has 0 saturated heterocycles. The second-order valence-corrected chi connectivity index (χ2v) is 6.25. The van der Waals surface area contributed by atoms with Gasteiger partial charge in [0.05, 0.1) is 17.2 Å². The highest BCUT2D eigenvalue weighted by Crippen LogP contribution is 2.23. The van der Waals surface area contributed by atoms with E-state index in [0.29, 0.717) is 11.6 Å². The molecule has 0 amide bonds. The summed E-state index contributed by atoms with van der Waals surface area (Å²) in [5.74, 6) is -1.16. The molecule has 0 aliphatic rings. The smallest absolute Gasteiger partial charge is 0.272 e. The van der Waals surface area contributed by atoms with Crippen LogP contribution in [0.4, 0.5) is 10.1 Å². The third kappa shape index (κ3) is 3.06. The second kappa shape index (κ2) is 5.58. The van der Waals surface area contributed by atoms with Crippen LogP contribution in [0.1, 0.15) is 5.56 Å². The van der Waals surface area contributed by atoms with Crippen LogP contribution in [0.2, 0.25) is 0 Å². The number of aromatic nitrogens is 2. The Morgan fingerprint density at radius 2 is 2.19 bits per heavy atom. The van der Waals surface area contributed by atoms with Gasteiger partial charge in [0.25, 0.3) is 5.69 Å². The van der Waals surface area contributed by atoms with Gasteiger partial charge in [0.2, 0.25) is 10.0 Å². The zero-order valence-corrected chi connectivity index (χ0v) is 11.7. The third-order valence-electron chi connectivity index (χ3n) is 2.77. The van der Waals surface area contributed by atoms with Gasteiger partial charge in [-0.25, -0.2) is 12.8 Å². The molecule has 0 unspecified atom stereocenters. The van der Waals surface area contributed by atoms with Gasteiger partial charge in [-0.15, -0.1) is 0 Å². The second-order valence-electron chi connectivity index (χ2n) is 4.24. The monoisotopic (exact) mass is 314 g/mol. The molecule has 1 heterocycles. The molecule has 10 heteroatoms. The van der Waals surface area contributed by atoms with E-state index in [1.54, 1.807) is 0 Å². The van der Waals surface area contributed by atoms with Crippen molar-refractivity contribution in [2.24, 2.45) is 0 Å². The third-order valence-corrected chi connectivity index (χ3v) is 4.61. The molecule has 0 radical (unpaired) electrons. The summed E-state index contributed by atoms with van der Waals surface area (Å²) in [6.07, 6.45) is 2.95. The molecule has 8 nitrogen and oxygen atoms in total. The van der Waals surface area contributed by atoms with Gasteiger partial charge in [-0.1, -0.05) is 0 Å². The number of sulfonamides is 1. The Bertz CT molecular complexity index is 761. The van der Waals surface area contributed by atoms with Crippen LogP contribution in [0.25, 0.3) is 0 Å². The number of nitro groups is 1. The van der Waals surface area contributed by atoms with Gasteiger partial charge >= 0.3 is 0 Å². The minimum Gasteiger partial charge on any atom is -0.285 e. The number of rotatable bonds is 5. The topological polar surface area (TPSA) is 109 Å². The molecule has 1 aromatic heterocycles. The fraction of sp³-hybridized carbons (Fsp3) is 0.182. The number of hydrogen-bond acceptors (Lipinski definition) is 5. The summed E-state index contributed by atoms with van der Waals surface area (Å²) in [7, 11) is -2.81. The predicted molar refractivity (Wildman–Crippen MR) is 70.3 cm³/mol. The molecule has 0 aliphatic heterocycles. The number of H-pyrrole nitrogens is 1. The Morgan fingerprint density at radius 1 is 1.48 bits per heavy atom. The summed E-state index contributed by atoms with van der Waals surface area (Å²) in [5, 5.41) is 16.7. The molecule has 21 heavy (non-hydrogen) atoms. The van der Waals surface area contributed by atoms with E-state index in [1.807, 2.05) is 0 Å². The molecule has 112 valence electrons. The fourth-order valence-electron chi connectivity index (χ4n) is 1.69. The van der Waals surface area contributed by atoms with Crippen LogP contribution in [0.5, 0.6) is 0 Å². The average molecular weight is 314 g/mol. The Hall–Kier alpha value is -2.33. The predicted octanol–water partition coefficient (Wildman–Crippen LogP) is 1.28. The van der Waals surface area contributed by atoms with Crippen molar-refractivity contribution in [3.8, 4) is 0 Å². The normalized spacial score (nSPS) is 11.8. The molecule has 0 saturated carbocycles. The number of aromatic amines is 1. The standard InChI is InChI=1S/C11H11FN4O4S/c1-15(7-8-5-13-14-6-8)21(19,20)11-3-2-9(16(17)18)4-10(11)12/h2-6H,7H2,1H3,(H,13,14). The Balaban J connectivity index is 2.33. The first kappa shape index (κ1) is 15.1. The van der Waals surface area contributed by atoms with E-state index in [2.05, 4.69) is 10.2 Å². The van der Waals surface area contributed by atoms with E-state index in [-0.39, 0.29) is 6.54 Å². The van der Waals surface area contributed by atoms with Crippen molar-refractivity contribution in [1.82, 2.24) is 14.5 Å². The highest BCUT2D eigenvalue weighted by Gasteiger charge is 2.26. The first-order valence-corrected chi connectivity index (χ1v) is 7.14. The lowest BCUT2D eigenvalue weighted by Crippen LogP contribution is -2.27. The van der Waals surface area contributed by atoms with E-state index in [9.17, 15) is 22.9 Å². The van der Waals surface area contributed by atoms with E-state index in [4.69, 9.17) is 0 Å². The van der Waals surface area contributed by atoms with Crippen molar-refractivity contribution in [3.63, 3.8) is 0 Å². The van der Waals surface area contributed by atoms with Crippen molar-refractivity contribution in [2.75, 3.05) is 7.05 Å². The number of nitro benzene ring substituents is 1. The van der Waals surface area contributed by atoms with Crippen LogP contribution in [0, 0.1) is 15.9 Å². The fourth-order valence-corrected chi connectivity index (χ4v) is 2.89. The van der Waals surface area contributed by atoms with E-state index >= 15 is 0 Å². The molecule has 2 aromatic rings. The number of benzene rings is 1. The van der Waals surface area contributed by atoms with Gasteiger partial charge in [-0.2, -0.15) is 9.40 Å². The average Bonchev–Trinajstić information content (AvgIpc) is 2.90. The van der Waals surface area contributed by atoms with Gasteiger partial charge in [-0.3, -0.25) is 15.2 Å². The quantitative estimate of drug-likeness (QED) is 0.660. The van der Waals surface area contributed by atoms with Crippen molar-refractivity contribution in [3.05, 3.63) is 52.1 Å². The van der Waals surface area contributed by atoms with Crippen LogP contribution in [0.15, 0.2) is 35.5 Å². The number of hydrogen-bond donors (Lipinski definition) is 1. The number of nitrogens with one attached hydrogen (secondary N) is 1. The summed E-state index contributed by atoms with van der Waals surface area (Å²) in [6, 6.07) is 2.41. The van der Waals surface area contributed by atoms with Crippen LogP contribution < -0.4 is 0 Å². The summed E-state index contributed by atoms with van der Waals surface area (Å²) >= 11 is 0. The molecular formula is C11H11FN4O4S. The summed E-state index contributed by atoms with van der Waals surface area (Å²) in [5.41, 5.74) is 0.0901. The first-order valence-electron chi connectivity index (χ1n) is 5.70. The van der Waals surface area contributed by atoms with E-state index in [0.717, 1.165) is 16.4 Å². The van der Waals surface area contributed by atoms with Crippen molar-refractivity contribution >= 4 is 15.7 Å². The number of non-ortho nitro benzene ring substituents is 1. The maximum absolute atomic E-state index is 13.8. The maximum Gasteiger partial charge on any atom is 0.272 e. The largest absolute Gasteiger partial charge is 0.285 e. The zero-order chi connectivity index (χ0) is 15.6. The van der Waals surface area contributed by atoms with Gasteiger partial charge < -0.3 is 0 Å². The molecule has 0 aliphatic carbocycles. The van der Waals surface area contributed by atoms with Gasteiger partial charge in [0.1, 0.15) is 10.7 Å². The van der Waals surface area contributed by atoms with Crippen LogP contribution in [0.3, 0.4) is 0 Å². The lowest BCUT2D eigenvalue weighted by Gasteiger charge is -2.16.